The van der Waals surface area contributed by atoms with Gasteiger partial charge in [0.25, 0.3) is 0 Å². The van der Waals surface area contributed by atoms with Gasteiger partial charge in [0.1, 0.15) is 13.2 Å². The molecule has 1 heterocycles. The summed E-state index contributed by atoms with van der Waals surface area (Å²) in [4.78, 5) is 0. The van der Waals surface area contributed by atoms with Gasteiger partial charge in [0.2, 0.25) is 0 Å². The van der Waals surface area contributed by atoms with Gasteiger partial charge in [-0.05, 0) is 19.4 Å². The van der Waals surface area contributed by atoms with E-state index in [4.69, 9.17) is 9.47 Å². The summed E-state index contributed by atoms with van der Waals surface area (Å²) in [5.74, 6) is 1.47. The summed E-state index contributed by atoms with van der Waals surface area (Å²) in [6.45, 7) is 4.83. The molecule has 1 N–H and O–H groups in total. The molecular formula is C11H14O3. The maximum Gasteiger partial charge on any atom is 0.167 e. The zero-order valence-corrected chi connectivity index (χ0v) is 8.41. The standard InChI is InChI=1S/C11H14O3/c1-7-3-4-9(8(2)12)11-10(7)13-5-6-14-11/h3-4,8,12H,5-6H2,1-2H3. The molecule has 0 radical (unpaired) electrons. The molecule has 0 fully saturated rings. The van der Waals surface area contributed by atoms with Gasteiger partial charge >= 0.3 is 0 Å². The first kappa shape index (κ1) is 9.34. The molecule has 0 spiro atoms. The van der Waals surface area contributed by atoms with Gasteiger partial charge in [-0.2, -0.15) is 0 Å². The summed E-state index contributed by atoms with van der Waals surface area (Å²) in [5, 5.41) is 9.54. The zero-order chi connectivity index (χ0) is 10.1. The number of rotatable bonds is 1. The molecule has 14 heavy (non-hydrogen) atoms. The van der Waals surface area contributed by atoms with Crippen LogP contribution in [0, 0.1) is 6.92 Å². The van der Waals surface area contributed by atoms with Crippen molar-refractivity contribution in [2.45, 2.75) is 20.0 Å². The Balaban J connectivity index is 2.53. The van der Waals surface area contributed by atoms with Crippen LogP contribution in [0.5, 0.6) is 11.5 Å². The molecule has 0 bridgehead atoms. The average Bonchev–Trinajstić information content (AvgIpc) is 2.18. The van der Waals surface area contributed by atoms with E-state index < -0.39 is 6.10 Å². The summed E-state index contributed by atoms with van der Waals surface area (Å²) in [5.41, 5.74) is 1.84. The minimum absolute atomic E-state index is 0.522. The van der Waals surface area contributed by atoms with Crippen molar-refractivity contribution in [2.75, 3.05) is 13.2 Å². The molecular weight excluding hydrogens is 180 g/mol. The lowest BCUT2D eigenvalue weighted by Crippen LogP contribution is -2.17. The van der Waals surface area contributed by atoms with Crippen LogP contribution in [0.4, 0.5) is 0 Å². The molecule has 1 aliphatic rings. The van der Waals surface area contributed by atoms with E-state index in [2.05, 4.69) is 0 Å². The Bertz CT molecular complexity index is 345. The van der Waals surface area contributed by atoms with Crippen molar-refractivity contribution in [2.24, 2.45) is 0 Å². The number of aryl methyl sites for hydroxylation is 1. The van der Waals surface area contributed by atoms with Crippen LogP contribution in [-0.4, -0.2) is 18.3 Å². The number of aliphatic hydroxyl groups excluding tert-OH is 1. The summed E-state index contributed by atoms with van der Waals surface area (Å²) >= 11 is 0. The van der Waals surface area contributed by atoms with Gasteiger partial charge in [-0.1, -0.05) is 12.1 Å². The molecule has 0 aliphatic carbocycles. The van der Waals surface area contributed by atoms with Gasteiger partial charge in [0, 0.05) is 5.56 Å². The monoisotopic (exact) mass is 194 g/mol. The quantitative estimate of drug-likeness (QED) is 0.741. The van der Waals surface area contributed by atoms with Crippen molar-refractivity contribution in [3.05, 3.63) is 23.3 Å². The molecule has 1 atom stereocenters. The van der Waals surface area contributed by atoms with Gasteiger partial charge in [-0.3, -0.25) is 0 Å². The van der Waals surface area contributed by atoms with Crippen LogP contribution < -0.4 is 9.47 Å². The predicted octanol–water partition coefficient (Wildman–Crippen LogP) is 1.82. The van der Waals surface area contributed by atoms with Gasteiger partial charge in [-0.15, -0.1) is 0 Å². The second-order valence-electron chi connectivity index (χ2n) is 3.50. The first-order chi connectivity index (χ1) is 6.70. The van der Waals surface area contributed by atoms with Gasteiger partial charge in [-0.25, -0.2) is 0 Å². The van der Waals surface area contributed by atoms with Crippen molar-refractivity contribution in [1.82, 2.24) is 0 Å². The number of aliphatic hydroxyl groups is 1. The SMILES string of the molecule is Cc1ccc(C(C)O)c2c1OCCO2. The highest BCUT2D eigenvalue weighted by atomic mass is 16.6. The molecule has 1 aromatic carbocycles. The number of ether oxygens (including phenoxy) is 2. The number of fused-ring (bicyclic) bond motifs is 1. The van der Waals surface area contributed by atoms with E-state index in [0.29, 0.717) is 19.0 Å². The molecule has 1 aliphatic heterocycles. The largest absolute Gasteiger partial charge is 0.486 e. The lowest BCUT2D eigenvalue weighted by molar-refractivity contribution is 0.152. The molecule has 3 nitrogen and oxygen atoms in total. The average molecular weight is 194 g/mol. The van der Waals surface area contributed by atoms with Crippen molar-refractivity contribution in [3.63, 3.8) is 0 Å². The summed E-state index contributed by atoms with van der Waals surface area (Å²) < 4.78 is 11.0. The fraction of sp³-hybridized carbons (Fsp3) is 0.455. The summed E-state index contributed by atoms with van der Waals surface area (Å²) in [6, 6.07) is 3.82. The third-order valence-corrected chi connectivity index (χ3v) is 2.37. The van der Waals surface area contributed by atoms with Crippen molar-refractivity contribution >= 4 is 0 Å². The highest BCUT2D eigenvalue weighted by Crippen LogP contribution is 2.39. The fourth-order valence-electron chi connectivity index (χ4n) is 1.62. The van der Waals surface area contributed by atoms with E-state index in [1.54, 1.807) is 6.92 Å². The zero-order valence-electron chi connectivity index (χ0n) is 8.41. The normalized spacial score (nSPS) is 16.5. The molecule has 76 valence electrons. The minimum Gasteiger partial charge on any atom is -0.486 e. The molecule has 2 rings (SSSR count). The van der Waals surface area contributed by atoms with Crippen LogP contribution in [-0.2, 0) is 0 Å². The first-order valence-corrected chi connectivity index (χ1v) is 4.77. The van der Waals surface area contributed by atoms with Crippen molar-refractivity contribution < 1.29 is 14.6 Å². The number of hydrogen-bond donors (Lipinski definition) is 1. The van der Waals surface area contributed by atoms with Gasteiger partial charge in [0.05, 0.1) is 6.10 Å². The lowest BCUT2D eigenvalue weighted by atomic mass is 10.1. The fourth-order valence-corrected chi connectivity index (χ4v) is 1.62. The van der Waals surface area contributed by atoms with E-state index in [1.165, 1.54) is 0 Å². The molecule has 1 unspecified atom stereocenters. The van der Waals surface area contributed by atoms with E-state index >= 15 is 0 Å². The van der Waals surface area contributed by atoms with E-state index in [-0.39, 0.29) is 0 Å². The molecule has 0 aromatic heterocycles. The van der Waals surface area contributed by atoms with Crippen LogP contribution in [0.25, 0.3) is 0 Å². The Kier molecular flexibility index (Phi) is 2.33. The maximum absolute atomic E-state index is 9.54. The second-order valence-corrected chi connectivity index (χ2v) is 3.50. The molecule has 0 saturated carbocycles. The highest BCUT2D eigenvalue weighted by Gasteiger charge is 2.20. The van der Waals surface area contributed by atoms with Crippen LogP contribution in [0.3, 0.4) is 0 Å². The highest BCUT2D eigenvalue weighted by molar-refractivity contribution is 5.52. The molecule has 0 amide bonds. The summed E-state index contributed by atoms with van der Waals surface area (Å²) in [7, 11) is 0. The van der Waals surface area contributed by atoms with Crippen LogP contribution in [0.1, 0.15) is 24.2 Å². The van der Waals surface area contributed by atoms with Gasteiger partial charge < -0.3 is 14.6 Å². The topological polar surface area (TPSA) is 38.7 Å². The third kappa shape index (κ3) is 1.44. The third-order valence-electron chi connectivity index (χ3n) is 2.37. The Labute approximate surface area is 83.3 Å². The maximum atomic E-state index is 9.54. The lowest BCUT2D eigenvalue weighted by Gasteiger charge is -2.23. The Hall–Kier alpha value is -1.22. The molecule has 3 heteroatoms. The second kappa shape index (κ2) is 3.50. The predicted molar refractivity (Wildman–Crippen MR) is 52.8 cm³/mol. The van der Waals surface area contributed by atoms with E-state index in [0.717, 1.165) is 16.9 Å². The Morgan fingerprint density at radius 2 is 1.86 bits per heavy atom. The van der Waals surface area contributed by atoms with Crippen LogP contribution in [0.2, 0.25) is 0 Å². The minimum atomic E-state index is -0.522. The van der Waals surface area contributed by atoms with E-state index in [9.17, 15) is 5.11 Å². The van der Waals surface area contributed by atoms with Crippen LogP contribution >= 0.6 is 0 Å². The number of benzene rings is 1. The molecule has 0 saturated heterocycles. The van der Waals surface area contributed by atoms with E-state index in [1.807, 2.05) is 19.1 Å². The smallest absolute Gasteiger partial charge is 0.167 e. The Morgan fingerprint density at radius 3 is 2.50 bits per heavy atom. The number of hydrogen-bond acceptors (Lipinski definition) is 3. The first-order valence-electron chi connectivity index (χ1n) is 4.77. The summed E-state index contributed by atoms with van der Waals surface area (Å²) in [6.07, 6.45) is -0.522. The van der Waals surface area contributed by atoms with Crippen molar-refractivity contribution in [1.29, 1.82) is 0 Å². The van der Waals surface area contributed by atoms with Gasteiger partial charge in [0.15, 0.2) is 11.5 Å². The van der Waals surface area contributed by atoms with Crippen LogP contribution in [0.15, 0.2) is 12.1 Å². The Morgan fingerprint density at radius 1 is 1.21 bits per heavy atom. The molecule has 1 aromatic rings. The van der Waals surface area contributed by atoms with Crippen molar-refractivity contribution in [3.8, 4) is 11.5 Å².